The molecule has 7 heteroatoms. The highest BCUT2D eigenvalue weighted by Crippen LogP contribution is 2.30. The Balaban J connectivity index is 1.93. The number of rotatable bonds is 7. The Kier molecular flexibility index (Phi) is 6.80. The number of carbonyl (C=O) groups is 3. The summed E-state index contributed by atoms with van der Waals surface area (Å²) in [7, 11) is 0. The quantitative estimate of drug-likeness (QED) is 0.758. The number of fused-ring (bicyclic) bond motifs is 1. The summed E-state index contributed by atoms with van der Waals surface area (Å²) in [5.74, 6) is -0.645. The van der Waals surface area contributed by atoms with Gasteiger partial charge in [-0.1, -0.05) is 26.0 Å². The van der Waals surface area contributed by atoms with E-state index in [1.54, 1.807) is 24.3 Å². The second-order valence-corrected chi connectivity index (χ2v) is 5.79. The fourth-order valence-corrected chi connectivity index (χ4v) is 2.58. The van der Waals surface area contributed by atoms with Crippen molar-refractivity contribution in [2.75, 3.05) is 24.7 Å². The molecule has 0 aromatic heterocycles. The maximum atomic E-state index is 12.2. The molecule has 1 heterocycles. The first kappa shape index (κ1) is 18.8. The molecule has 0 atom stereocenters. The summed E-state index contributed by atoms with van der Waals surface area (Å²) >= 11 is 0. The third kappa shape index (κ3) is 5.20. The van der Waals surface area contributed by atoms with Crippen molar-refractivity contribution in [3.05, 3.63) is 24.3 Å². The molecule has 1 N–H and O–H groups in total. The van der Waals surface area contributed by atoms with Crippen LogP contribution in [0, 0.1) is 0 Å². The van der Waals surface area contributed by atoms with Gasteiger partial charge in [-0.05, 0) is 25.0 Å². The van der Waals surface area contributed by atoms with Crippen molar-refractivity contribution in [3.8, 4) is 5.75 Å². The number of nitrogens with one attached hydrogen (secondary N) is 1. The summed E-state index contributed by atoms with van der Waals surface area (Å²) in [5, 5.41) is 2.79. The number of hydrogen-bond acceptors (Lipinski definition) is 5. The third-order valence-electron chi connectivity index (χ3n) is 4.03. The molecule has 1 aromatic carbocycles. The minimum atomic E-state index is -0.634. The van der Waals surface area contributed by atoms with Crippen LogP contribution in [0.2, 0.25) is 0 Å². The van der Waals surface area contributed by atoms with Gasteiger partial charge in [-0.3, -0.25) is 19.3 Å². The van der Waals surface area contributed by atoms with Crippen LogP contribution >= 0.6 is 0 Å². The van der Waals surface area contributed by atoms with Gasteiger partial charge in [0.15, 0.2) is 6.61 Å². The highest BCUT2D eigenvalue weighted by atomic mass is 16.5. The molecule has 1 aromatic rings. The molecule has 2 rings (SSSR count). The summed E-state index contributed by atoms with van der Waals surface area (Å²) in [4.78, 5) is 37.4. The molecule has 0 radical (unpaired) electrons. The Morgan fingerprint density at radius 3 is 2.72 bits per heavy atom. The highest BCUT2D eigenvalue weighted by Gasteiger charge is 2.25. The first-order valence-electron chi connectivity index (χ1n) is 8.52. The fourth-order valence-electron chi connectivity index (χ4n) is 2.58. The Bertz CT molecular complexity index is 628. The maximum absolute atomic E-state index is 12.2. The molecular formula is C18H24N2O5. The van der Waals surface area contributed by atoms with Crippen LogP contribution in [0.15, 0.2) is 24.3 Å². The van der Waals surface area contributed by atoms with E-state index >= 15 is 0 Å². The van der Waals surface area contributed by atoms with Crippen LogP contribution in [0.4, 0.5) is 5.69 Å². The lowest BCUT2D eigenvalue weighted by atomic mass is 10.2. The van der Waals surface area contributed by atoms with Gasteiger partial charge in [-0.15, -0.1) is 0 Å². The first-order valence-corrected chi connectivity index (χ1v) is 8.52. The number of carbonyl (C=O) groups excluding carboxylic acids is 3. The van der Waals surface area contributed by atoms with Gasteiger partial charge in [0.25, 0.3) is 5.91 Å². The highest BCUT2D eigenvalue weighted by molar-refractivity contribution is 5.99. The van der Waals surface area contributed by atoms with E-state index in [0.29, 0.717) is 11.4 Å². The van der Waals surface area contributed by atoms with E-state index in [9.17, 15) is 14.4 Å². The van der Waals surface area contributed by atoms with Crippen LogP contribution in [-0.2, 0) is 19.1 Å². The largest absolute Gasteiger partial charge is 0.491 e. The maximum Gasteiger partial charge on any atom is 0.326 e. The molecule has 0 unspecified atom stereocenters. The zero-order valence-electron chi connectivity index (χ0n) is 14.6. The van der Waals surface area contributed by atoms with Gasteiger partial charge in [0.2, 0.25) is 5.91 Å². The second kappa shape index (κ2) is 9.05. The van der Waals surface area contributed by atoms with Crippen LogP contribution in [0.1, 0.15) is 33.1 Å². The Hall–Kier alpha value is -2.57. The number of hydrogen-bond donors (Lipinski definition) is 1. The van der Waals surface area contributed by atoms with Crippen LogP contribution in [0.25, 0.3) is 0 Å². The van der Waals surface area contributed by atoms with Crippen molar-refractivity contribution in [1.29, 1.82) is 0 Å². The molecule has 136 valence electrons. The summed E-state index contributed by atoms with van der Waals surface area (Å²) in [6.45, 7) is 3.61. The normalized spacial score (nSPS) is 13.7. The minimum Gasteiger partial charge on any atom is -0.491 e. The number of esters is 1. The number of anilines is 1. The van der Waals surface area contributed by atoms with Gasteiger partial charge < -0.3 is 14.8 Å². The van der Waals surface area contributed by atoms with E-state index < -0.39 is 5.97 Å². The van der Waals surface area contributed by atoms with Crippen molar-refractivity contribution in [3.63, 3.8) is 0 Å². The van der Waals surface area contributed by atoms with Gasteiger partial charge in [0.05, 0.1) is 18.7 Å². The molecule has 1 aliphatic heterocycles. The minimum absolute atomic E-state index is 0.0717. The van der Waals surface area contributed by atoms with Crippen molar-refractivity contribution >= 4 is 23.5 Å². The molecule has 2 amide bonds. The standard InChI is InChI=1S/C18H24N2O5/c1-3-13(4-2)19-16(21)12-25-18(23)11-20-14-7-5-6-8-15(14)24-10-9-17(20)22/h5-8,13H,3-4,9-12H2,1-2H3,(H,19,21). The number of nitrogens with zero attached hydrogens (tertiary/aromatic N) is 1. The van der Waals surface area contributed by atoms with Gasteiger partial charge >= 0.3 is 5.97 Å². The van der Waals surface area contributed by atoms with E-state index in [0.717, 1.165) is 12.8 Å². The van der Waals surface area contributed by atoms with Crippen molar-refractivity contribution in [2.45, 2.75) is 39.2 Å². The lowest BCUT2D eigenvalue weighted by Crippen LogP contribution is -2.39. The molecule has 0 saturated carbocycles. The zero-order valence-corrected chi connectivity index (χ0v) is 14.6. The summed E-state index contributed by atoms with van der Waals surface area (Å²) in [5.41, 5.74) is 0.531. The van der Waals surface area contributed by atoms with E-state index in [1.165, 1.54) is 4.90 Å². The molecule has 0 saturated heterocycles. The fraction of sp³-hybridized carbons (Fsp3) is 0.500. The SMILES string of the molecule is CCC(CC)NC(=O)COC(=O)CN1C(=O)CCOc2ccccc21. The average molecular weight is 348 g/mol. The Morgan fingerprint density at radius 2 is 2.00 bits per heavy atom. The topological polar surface area (TPSA) is 84.9 Å². The molecule has 0 fully saturated rings. The van der Waals surface area contributed by atoms with Crippen molar-refractivity contribution in [2.24, 2.45) is 0 Å². The Morgan fingerprint density at radius 1 is 1.28 bits per heavy atom. The summed E-state index contributed by atoms with van der Waals surface area (Å²) in [6.07, 6.45) is 1.81. The van der Waals surface area contributed by atoms with Gasteiger partial charge in [0, 0.05) is 6.04 Å². The van der Waals surface area contributed by atoms with Crippen molar-refractivity contribution < 1.29 is 23.9 Å². The van der Waals surface area contributed by atoms with Crippen molar-refractivity contribution in [1.82, 2.24) is 5.32 Å². The van der Waals surface area contributed by atoms with E-state index in [1.807, 2.05) is 13.8 Å². The Labute approximate surface area is 147 Å². The van der Waals surface area contributed by atoms with Crippen LogP contribution in [0.5, 0.6) is 5.75 Å². The molecule has 1 aliphatic rings. The van der Waals surface area contributed by atoms with E-state index in [2.05, 4.69) is 5.32 Å². The molecule has 0 aliphatic carbocycles. The second-order valence-electron chi connectivity index (χ2n) is 5.79. The van der Waals surface area contributed by atoms with Crippen LogP contribution in [-0.4, -0.2) is 43.6 Å². The molecule has 0 bridgehead atoms. The molecule has 25 heavy (non-hydrogen) atoms. The number of benzene rings is 1. The van der Waals surface area contributed by atoms with Gasteiger partial charge in [-0.2, -0.15) is 0 Å². The van der Waals surface area contributed by atoms with E-state index in [4.69, 9.17) is 9.47 Å². The number of ether oxygens (including phenoxy) is 2. The first-order chi connectivity index (χ1) is 12.0. The number of amides is 2. The number of para-hydroxylation sites is 2. The predicted molar refractivity (Wildman–Crippen MR) is 92.4 cm³/mol. The van der Waals surface area contributed by atoms with E-state index in [-0.39, 0.29) is 44.0 Å². The predicted octanol–water partition coefficient (Wildman–Crippen LogP) is 1.65. The zero-order chi connectivity index (χ0) is 18.2. The van der Waals surface area contributed by atoms with Crippen LogP contribution in [0.3, 0.4) is 0 Å². The van der Waals surface area contributed by atoms with Gasteiger partial charge in [0.1, 0.15) is 12.3 Å². The van der Waals surface area contributed by atoms with Gasteiger partial charge in [-0.25, -0.2) is 0 Å². The summed E-state index contributed by atoms with van der Waals surface area (Å²) in [6, 6.07) is 7.10. The monoisotopic (exact) mass is 348 g/mol. The lowest BCUT2D eigenvalue weighted by molar-refractivity contribution is -0.147. The average Bonchev–Trinajstić information content (AvgIpc) is 2.77. The smallest absolute Gasteiger partial charge is 0.326 e. The summed E-state index contributed by atoms with van der Waals surface area (Å²) < 4.78 is 10.5. The third-order valence-corrected chi connectivity index (χ3v) is 4.03. The molecule has 0 spiro atoms. The molecule has 7 nitrogen and oxygen atoms in total. The molecular weight excluding hydrogens is 324 g/mol. The lowest BCUT2D eigenvalue weighted by Gasteiger charge is -2.21. The van der Waals surface area contributed by atoms with Crippen LogP contribution < -0.4 is 15.0 Å².